The number of hydrogen-bond acceptors (Lipinski definition) is 5. The summed E-state index contributed by atoms with van der Waals surface area (Å²) >= 11 is 0. The lowest BCUT2D eigenvalue weighted by atomic mass is 10.2. The van der Waals surface area contributed by atoms with Gasteiger partial charge in [-0.2, -0.15) is 0 Å². The highest BCUT2D eigenvalue weighted by Crippen LogP contribution is 2.25. The Morgan fingerprint density at radius 3 is 2.61 bits per heavy atom. The summed E-state index contributed by atoms with van der Waals surface area (Å²) in [6.45, 7) is 2.32. The maximum absolute atomic E-state index is 12.1. The van der Waals surface area contributed by atoms with Gasteiger partial charge in [0.2, 0.25) is 5.88 Å². The molecule has 100 valence electrons. The molecule has 1 aromatic heterocycles. The summed E-state index contributed by atoms with van der Waals surface area (Å²) in [6.07, 6.45) is 1.47. The summed E-state index contributed by atoms with van der Waals surface area (Å²) in [6, 6.07) is 3.11. The third kappa shape index (κ3) is 2.61. The van der Waals surface area contributed by atoms with Crippen LogP contribution in [0.4, 0.5) is 0 Å². The topological polar surface area (TPSA) is 93.6 Å². The van der Waals surface area contributed by atoms with Crippen LogP contribution in [0, 0.1) is 0 Å². The minimum atomic E-state index is -3.86. The van der Waals surface area contributed by atoms with E-state index in [0.717, 1.165) is 13.8 Å². The first-order valence-corrected chi connectivity index (χ1v) is 6.81. The fourth-order valence-electron chi connectivity index (χ4n) is 1.24. The van der Waals surface area contributed by atoms with Gasteiger partial charge < -0.3 is 9.84 Å². The standard InChI is InChI=1S/C11H15NO5S/c1-11(2,10(13)14)18(15,16)7-8-5-4-6-12-9(8)17-3/h4-6H,7H2,1-3H3,(H,13,14). The van der Waals surface area contributed by atoms with Crippen molar-refractivity contribution < 1.29 is 23.1 Å². The van der Waals surface area contributed by atoms with Crippen molar-refractivity contribution in [3.63, 3.8) is 0 Å². The number of nitrogens with zero attached hydrogens (tertiary/aromatic N) is 1. The van der Waals surface area contributed by atoms with E-state index in [1.807, 2.05) is 0 Å². The van der Waals surface area contributed by atoms with Gasteiger partial charge >= 0.3 is 5.97 Å². The van der Waals surface area contributed by atoms with Gasteiger partial charge in [0.05, 0.1) is 12.9 Å². The van der Waals surface area contributed by atoms with Crippen LogP contribution in [-0.4, -0.2) is 36.3 Å². The Kier molecular flexibility index (Phi) is 3.95. The van der Waals surface area contributed by atoms with Gasteiger partial charge in [0, 0.05) is 11.8 Å². The summed E-state index contributed by atoms with van der Waals surface area (Å²) in [5.74, 6) is -1.63. The average molecular weight is 273 g/mol. The van der Waals surface area contributed by atoms with Gasteiger partial charge in [0.15, 0.2) is 14.6 Å². The van der Waals surface area contributed by atoms with Crippen LogP contribution >= 0.6 is 0 Å². The highest BCUT2D eigenvalue weighted by Gasteiger charge is 2.42. The zero-order chi connectivity index (χ0) is 14.0. The first-order valence-electron chi connectivity index (χ1n) is 5.16. The molecule has 0 aromatic carbocycles. The predicted octanol–water partition coefficient (Wildman–Crippen LogP) is 0.868. The number of methoxy groups -OCH3 is 1. The minimum Gasteiger partial charge on any atom is -0.481 e. The molecule has 0 saturated carbocycles. The van der Waals surface area contributed by atoms with Gasteiger partial charge in [0.25, 0.3) is 0 Å². The number of carboxylic acids is 1. The smallest absolute Gasteiger partial charge is 0.324 e. The molecule has 6 nitrogen and oxygen atoms in total. The predicted molar refractivity (Wildman–Crippen MR) is 65.1 cm³/mol. The lowest BCUT2D eigenvalue weighted by Crippen LogP contribution is -2.41. The van der Waals surface area contributed by atoms with Crippen LogP contribution in [0.3, 0.4) is 0 Å². The number of carbonyl (C=O) groups is 1. The SMILES string of the molecule is COc1ncccc1CS(=O)(=O)C(C)(C)C(=O)O. The zero-order valence-electron chi connectivity index (χ0n) is 10.4. The summed E-state index contributed by atoms with van der Waals surface area (Å²) < 4.78 is 27.2. The molecule has 7 heteroatoms. The van der Waals surface area contributed by atoms with Gasteiger partial charge in [-0.3, -0.25) is 4.79 Å². The van der Waals surface area contributed by atoms with Crippen molar-refractivity contribution in [2.45, 2.75) is 24.3 Å². The quantitative estimate of drug-likeness (QED) is 0.855. The number of ether oxygens (including phenoxy) is 1. The first-order chi connectivity index (χ1) is 8.22. The molecule has 0 aliphatic carbocycles. The van der Waals surface area contributed by atoms with Gasteiger partial charge in [0.1, 0.15) is 0 Å². The second kappa shape index (κ2) is 4.93. The minimum absolute atomic E-state index is 0.183. The molecule has 0 aliphatic heterocycles. The molecule has 0 radical (unpaired) electrons. The van der Waals surface area contributed by atoms with Crippen LogP contribution in [-0.2, 0) is 20.4 Å². The van der Waals surface area contributed by atoms with E-state index in [4.69, 9.17) is 9.84 Å². The van der Waals surface area contributed by atoms with Crippen LogP contribution < -0.4 is 4.74 Å². The number of pyridine rings is 1. The normalized spacial score (nSPS) is 12.2. The van der Waals surface area contributed by atoms with Crippen molar-refractivity contribution >= 4 is 15.8 Å². The van der Waals surface area contributed by atoms with Crippen molar-refractivity contribution in [3.8, 4) is 5.88 Å². The van der Waals surface area contributed by atoms with Crippen LogP contribution in [0.1, 0.15) is 19.4 Å². The molecule has 1 aromatic rings. The molecule has 0 atom stereocenters. The highest BCUT2D eigenvalue weighted by molar-refractivity contribution is 7.92. The summed E-state index contributed by atoms with van der Waals surface area (Å²) in [5.41, 5.74) is 0.342. The maximum Gasteiger partial charge on any atom is 0.324 e. The van der Waals surface area contributed by atoms with Crippen molar-refractivity contribution in [2.24, 2.45) is 0 Å². The molecule has 1 heterocycles. The van der Waals surface area contributed by atoms with E-state index in [0.29, 0.717) is 5.56 Å². The average Bonchev–Trinajstić information content (AvgIpc) is 2.28. The summed E-state index contributed by atoms with van der Waals surface area (Å²) in [4.78, 5) is 14.9. The second-order valence-corrected chi connectivity index (χ2v) is 6.79. The van der Waals surface area contributed by atoms with E-state index in [1.54, 1.807) is 12.1 Å². The van der Waals surface area contributed by atoms with Gasteiger partial charge in [-0.15, -0.1) is 0 Å². The molecule has 0 spiro atoms. The third-order valence-corrected chi connectivity index (χ3v) is 5.10. The Bertz CT molecular complexity index is 550. The molecule has 0 unspecified atom stereocenters. The molecule has 0 fully saturated rings. The van der Waals surface area contributed by atoms with E-state index >= 15 is 0 Å². The fourth-order valence-corrected chi connectivity index (χ4v) is 2.49. The van der Waals surface area contributed by atoms with E-state index in [-0.39, 0.29) is 5.88 Å². The Morgan fingerprint density at radius 2 is 2.11 bits per heavy atom. The number of rotatable bonds is 5. The molecular weight excluding hydrogens is 258 g/mol. The highest BCUT2D eigenvalue weighted by atomic mass is 32.2. The molecule has 0 saturated heterocycles. The van der Waals surface area contributed by atoms with Crippen molar-refractivity contribution in [3.05, 3.63) is 23.9 Å². The molecule has 0 aliphatic rings. The van der Waals surface area contributed by atoms with Crippen LogP contribution in [0.15, 0.2) is 18.3 Å². The second-order valence-electron chi connectivity index (χ2n) is 4.25. The Hall–Kier alpha value is -1.63. The molecule has 0 amide bonds. The number of carboxylic acid groups (broad SMARTS) is 1. The Balaban J connectivity index is 3.15. The van der Waals surface area contributed by atoms with Gasteiger partial charge in [-0.05, 0) is 19.9 Å². The number of aromatic nitrogens is 1. The largest absolute Gasteiger partial charge is 0.481 e. The number of aliphatic carboxylic acids is 1. The monoisotopic (exact) mass is 273 g/mol. The number of sulfone groups is 1. The van der Waals surface area contributed by atoms with Crippen LogP contribution in [0.5, 0.6) is 5.88 Å². The number of hydrogen-bond donors (Lipinski definition) is 1. The van der Waals surface area contributed by atoms with Crippen molar-refractivity contribution in [2.75, 3.05) is 7.11 Å². The summed E-state index contributed by atoms with van der Waals surface area (Å²) in [5, 5.41) is 8.96. The van der Waals surface area contributed by atoms with E-state index < -0.39 is 26.3 Å². The fraction of sp³-hybridized carbons (Fsp3) is 0.455. The van der Waals surface area contributed by atoms with Crippen molar-refractivity contribution in [1.82, 2.24) is 4.98 Å². The molecule has 18 heavy (non-hydrogen) atoms. The lowest BCUT2D eigenvalue weighted by molar-refractivity contribution is -0.139. The van der Waals surface area contributed by atoms with Crippen molar-refractivity contribution in [1.29, 1.82) is 0 Å². The molecular formula is C11H15NO5S. The first kappa shape index (κ1) is 14.4. The van der Waals surface area contributed by atoms with Gasteiger partial charge in [-0.25, -0.2) is 13.4 Å². The Labute approximate surface area is 106 Å². The zero-order valence-corrected chi connectivity index (χ0v) is 11.2. The van der Waals surface area contributed by atoms with E-state index in [9.17, 15) is 13.2 Å². The van der Waals surface area contributed by atoms with E-state index in [2.05, 4.69) is 4.98 Å². The van der Waals surface area contributed by atoms with Crippen LogP contribution in [0.2, 0.25) is 0 Å². The third-order valence-electron chi connectivity index (χ3n) is 2.68. The molecule has 0 bridgehead atoms. The molecule has 1 rings (SSSR count). The van der Waals surface area contributed by atoms with Gasteiger partial charge in [-0.1, -0.05) is 6.07 Å². The maximum atomic E-state index is 12.1. The van der Waals surface area contributed by atoms with E-state index in [1.165, 1.54) is 13.3 Å². The lowest BCUT2D eigenvalue weighted by Gasteiger charge is -2.20. The molecule has 1 N–H and O–H groups in total. The van der Waals surface area contributed by atoms with Crippen LogP contribution in [0.25, 0.3) is 0 Å². The summed E-state index contributed by atoms with van der Waals surface area (Å²) in [7, 11) is -2.49. The Morgan fingerprint density at radius 1 is 1.50 bits per heavy atom.